The van der Waals surface area contributed by atoms with Crippen molar-refractivity contribution in [2.75, 3.05) is 18.5 Å². The second kappa shape index (κ2) is 10.0. The molecule has 178 valence electrons. The van der Waals surface area contributed by atoms with Gasteiger partial charge in [-0.2, -0.15) is 5.10 Å². The normalized spacial score (nSPS) is 11.4. The molecule has 3 heterocycles. The van der Waals surface area contributed by atoms with E-state index < -0.39 is 5.91 Å². The number of imidazole rings is 1. The molecule has 4 aromatic rings. The van der Waals surface area contributed by atoms with Gasteiger partial charge in [0.25, 0.3) is 5.91 Å². The molecule has 34 heavy (non-hydrogen) atoms. The first-order valence-corrected chi connectivity index (χ1v) is 11.4. The molecule has 0 aliphatic carbocycles. The van der Waals surface area contributed by atoms with E-state index in [4.69, 9.17) is 10.5 Å². The predicted molar refractivity (Wildman–Crippen MR) is 129 cm³/mol. The molecule has 4 rings (SSSR count). The number of aromatic nitrogens is 5. The van der Waals surface area contributed by atoms with E-state index in [-0.39, 0.29) is 17.9 Å². The number of aryl methyl sites for hydroxylation is 3. The highest BCUT2D eigenvalue weighted by Crippen LogP contribution is 2.22. The zero-order valence-electron chi connectivity index (χ0n) is 19.7. The van der Waals surface area contributed by atoms with E-state index >= 15 is 0 Å². The van der Waals surface area contributed by atoms with E-state index in [9.17, 15) is 9.59 Å². The van der Waals surface area contributed by atoms with E-state index in [2.05, 4.69) is 20.4 Å². The standard InChI is InChI=1S/C24H29N7O3/c1-4-34-13-7-12-30-20-9-6-5-8-19(20)28-24(30)29-21(32)11-10-17-15(2)27-23-18(22(25)33)14-26-31(23)16(17)3/h5-6,8-9,14H,4,7,10-13H2,1-3H3,(H2,25,33)(H,28,29,32). The summed E-state index contributed by atoms with van der Waals surface area (Å²) in [7, 11) is 0. The number of benzene rings is 1. The lowest BCUT2D eigenvalue weighted by Gasteiger charge is -2.12. The monoisotopic (exact) mass is 463 g/mol. The average molecular weight is 464 g/mol. The first kappa shape index (κ1) is 23.4. The minimum absolute atomic E-state index is 0.140. The van der Waals surface area contributed by atoms with Crippen LogP contribution in [-0.4, -0.2) is 49.2 Å². The van der Waals surface area contributed by atoms with Crippen LogP contribution in [0.1, 0.15) is 47.1 Å². The Morgan fingerprint density at radius 2 is 1.97 bits per heavy atom. The highest BCUT2D eigenvalue weighted by atomic mass is 16.5. The summed E-state index contributed by atoms with van der Waals surface area (Å²) >= 11 is 0. The van der Waals surface area contributed by atoms with Crippen LogP contribution in [0.2, 0.25) is 0 Å². The number of amides is 2. The summed E-state index contributed by atoms with van der Waals surface area (Å²) in [4.78, 5) is 33.6. The largest absolute Gasteiger partial charge is 0.382 e. The van der Waals surface area contributed by atoms with Crippen molar-refractivity contribution in [3.8, 4) is 0 Å². The molecule has 0 atom stereocenters. The summed E-state index contributed by atoms with van der Waals surface area (Å²) in [5.41, 5.74) is 10.4. The summed E-state index contributed by atoms with van der Waals surface area (Å²) in [6.07, 6.45) is 2.96. The number of nitrogens with two attached hydrogens (primary N) is 1. The fourth-order valence-corrected chi connectivity index (χ4v) is 4.14. The molecule has 0 spiro atoms. The Labute approximate surface area is 197 Å². The van der Waals surface area contributed by atoms with Crippen molar-refractivity contribution in [2.24, 2.45) is 5.73 Å². The number of hydrogen-bond acceptors (Lipinski definition) is 6. The Morgan fingerprint density at radius 3 is 2.74 bits per heavy atom. The maximum Gasteiger partial charge on any atom is 0.254 e. The summed E-state index contributed by atoms with van der Waals surface area (Å²) < 4.78 is 9.07. The van der Waals surface area contributed by atoms with Crippen LogP contribution in [0, 0.1) is 13.8 Å². The molecule has 0 aliphatic heterocycles. The second-order valence-electron chi connectivity index (χ2n) is 8.09. The highest BCUT2D eigenvalue weighted by molar-refractivity contribution is 5.98. The van der Waals surface area contributed by atoms with Gasteiger partial charge in [-0.25, -0.2) is 14.5 Å². The minimum Gasteiger partial charge on any atom is -0.382 e. The van der Waals surface area contributed by atoms with Crippen LogP contribution in [0.5, 0.6) is 0 Å². The van der Waals surface area contributed by atoms with Gasteiger partial charge in [0.15, 0.2) is 5.65 Å². The number of hydrogen-bond donors (Lipinski definition) is 2. The van der Waals surface area contributed by atoms with Gasteiger partial charge in [0.2, 0.25) is 11.9 Å². The molecule has 10 nitrogen and oxygen atoms in total. The summed E-state index contributed by atoms with van der Waals surface area (Å²) in [6, 6.07) is 7.82. The number of ether oxygens (including phenoxy) is 1. The van der Waals surface area contributed by atoms with Crippen molar-refractivity contribution in [3.05, 3.63) is 53.0 Å². The molecule has 2 amide bonds. The third kappa shape index (κ3) is 4.62. The van der Waals surface area contributed by atoms with Crippen LogP contribution < -0.4 is 11.1 Å². The first-order chi connectivity index (χ1) is 16.4. The average Bonchev–Trinajstić information content (AvgIpc) is 3.38. The minimum atomic E-state index is -0.572. The van der Waals surface area contributed by atoms with Crippen molar-refractivity contribution >= 4 is 34.4 Å². The molecule has 0 unspecified atom stereocenters. The molecule has 0 radical (unpaired) electrons. The van der Waals surface area contributed by atoms with Crippen molar-refractivity contribution < 1.29 is 14.3 Å². The van der Waals surface area contributed by atoms with Gasteiger partial charge in [-0.15, -0.1) is 0 Å². The van der Waals surface area contributed by atoms with Gasteiger partial charge < -0.3 is 15.0 Å². The first-order valence-electron chi connectivity index (χ1n) is 11.4. The zero-order chi connectivity index (χ0) is 24.2. The number of primary amides is 1. The Hall–Kier alpha value is -3.79. The van der Waals surface area contributed by atoms with Gasteiger partial charge in [0.1, 0.15) is 5.56 Å². The Bertz CT molecular complexity index is 1360. The number of carbonyl (C=O) groups is 2. The molecule has 0 fully saturated rings. The maximum absolute atomic E-state index is 12.9. The van der Waals surface area contributed by atoms with Crippen LogP contribution in [0.4, 0.5) is 5.95 Å². The smallest absolute Gasteiger partial charge is 0.254 e. The van der Waals surface area contributed by atoms with Gasteiger partial charge in [-0.05, 0) is 51.3 Å². The molecule has 0 saturated carbocycles. The maximum atomic E-state index is 12.9. The number of fused-ring (bicyclic) bond motifs is 2. The summed E-state index contributed by atoms with van der Waals surface area (Å²) in [6.45, 7) is 7.74. The fourth-order valence-electron chi connectivity index (χ4n) is 4.14. The summed E-state index contributed by atoms with van der Waals surface area (Å²) in [5, 5.41) is 7.22. The number of anilines is 1. The number of para-hydroxylation sites is 2. The van der Waals surface area contributed by atoms with Crippen LogP contribution in [-0.2, 0) is 22.5 Å². The molecule has 0 saturated heterocycles. The third-order valence-electron chi connectivity index (χ3n) is 5.86. The van der Waals surface area contributed by atoms with Gasteiger partial charge in [0, 0.05) is 37.6 Å². The van der Waals surface area contributed by atoms with Crippen molar-refractivity contribution in [2.45, 2.75) is 46.6 Å². The van der Waals surface area contributed by atoms with Gasteiger partial charge in [-0.3, -0.25) is 14.9 Å². The SMILES string of the molecule is CCOCCCn1c(NC(=O)CCc2c(C)nc3c(C(N)=O)cnn3c2C)nc2ccccc21. The zero-order valence-corrected chi connectivity index (χ0v) is 19.7. The van der Waals surface area contributed by atoms with Crippen LogP contribution in [0.25, 0.3) is 16.7 Å². The lowest BCUT2D eigenvalue weighted by Crippen LogP contribution is -2.18. The summed E-state index contributed by atoms with van der Waals surface area (Å²) in [5.74, 6) is -0.181. The lowest BCUT2D eigenvalue weighted by atomic mass is 10.1. The molecule has 3 N–H and O–H groups in total. The Balaban J connectivity index is 1.50. The predicted octanol–water partition coefficient (Wildman–Crippen LogP) is 2.79. The van der Waals surface area contributed by atoms with Crippen LogP contribution in [0.15, 0.2) is 30.5 Å². The molecule has 10 heteroatoms. The van der Waals surface area contributed by atoms with Crippen molar-refractivity contribution in [1.82, 2.24) is 24.1 Å². The Morgan fingerprint density at radius 1 is 1.18 bits per heavy atom. The molecule has 0 bridgehead atoms. The van der Waals surface area contributed by atoms with Crippen LogP contribution >= 0.6 is 0 Å². The highest BCUT2D eigenvalue weighted by Gasteiger charge is 2.18. The quantitative estimate of drug-likeness (QED) is 0.348. The van der Waals surface area contributed by atoms with E-state index in [0.29, 0.717) is 37.8 Å². The molecule has 3 aromatic heterocycles. The van der Waals surface area contributed by atoms with Gasteiger partial charge >= 0.3 is 0 Å². The fraction of sp³-hybridized carbons (Fsp3) is 0.375. The molecular weight excluding hydrogens is 434 g/mol. The second-order valence-corrected chi connectivity index (χ2v) is 8.09. The molecule has 0 aliphatic rings. The number of nitrogens with zero attached hydrogens (tertiary/aromatic N) is 5. The number of rotatable bonds is 10. The number of carbonyl (C=O) groups excluding carboxylic acids is 2. The van der Waals surface area contributed by atoms with Crippen LogP contribution in [0.3, 0.4) is 0 Å². The van der Waals surface area contributed by atoms with Gasteiger partial charge in [-0.1, -0.05) is 12.1 Å². The Kier molecular flexibility index (Phi) is 6.87. The van der Waals surface area contributed by atoms with Crippen molar-refractivity contribution in [1.29, 1.82) is 0 Å². The van der Waals surface area contributed by atoms with E-state index in [1.807, 2.05) is 49.6 Å². The van der Waals surface area contributed by atoms with E-state index in [1.165, 1.54) is 6.20 Å². The third-order valence-corrected chi connectivity index (χ3v) is 5.86. The molecule has 1 aromatic carbocycles. The van der Waals surface area contributed by atoms with Crippen molar-refractivity contribution in [3.63, 3.8) is 0 Å². The number of nitrogens with one attached hydrogen (secondary N) is 1. The topological polar surface area (TPSA) is 129 Å². The van der Waals surface area contributed by atoms with E-state index in [0.717, 1.165) is 34.4 Å². The van der Waals surface area contributed by atoms with E-state index in [1.54, 1.807) is 4.52 Å². The molecular formula is C24H29N7O3. The lowest BCUT2D eigenvalue weighted by molar-refractivity contribution is -0.116. The van der Waals surface area contributed by atoms with Gasteiger partial charge in [0.05, 0.1) is 17.2 Å².